The number of anilines is 1. The van der Waals surface area contributed by atoms with Crippen LogP contribution in [-0.2, 0) is 0 Å². The molecule has 126 valence electrons. The van der Waals surface area contributed by atoms with Gasteiger partial charge in [-0.1, -0.05) is 29.8 Å². The van der Waals surface area contributed by atoms with E-state index in [2.05, 4.69) is 10.8 Å². The Morgan fingerprint density at radius 1 is 1.08 bits per heavy atom. The first-order valence-electron chi connectivity index (χ1n) is 7.77. The molecule has 24 heavy (non-hydrogen) atoms. The molecule has 5 heteroatoms. The number of carbonyl (C=O) groups excluding carboxylic acids is 1. The lowest BCUT2D eigenvalue weighted by Crippen LogP contribution is -2.56. The number of Topliss-reactive ketones (excluding diaryl/α,β-unsaturated/α-hetero) is 1. The van der Waals surface area contributed by atoms with Gasteiger partial charge in [-0.05, 0) is 75.0 Å². The van der Waals surface area contributed by atoms with E-state index in [4.69, 9.17) is 16.3 Å². The van der Waals surface area contributed by atoms with E-state index in [0.717, 1.165) is 16.8 Å². The highest BCUT2D eigenvalue weighted by Gasteiger charge is 2.57. The zero-order valence-electron chi connectivity index (χ0n) is 14.1. The summed E-state index contributed by atoms with van der Waals surface area (Å²) in [4.78, 5) is 13.0. The summed E-state index contributed by atoms with van der Waals surface area (Å²) in [7, 11) is 0. The van der Waals surface area contributed by atoms with Gasteiger partial charge in [0.25, 0.3) is 0 Å². The van der Waals surface area contributed by atoms with Gasteiger partial charge in [0.05, 0.1) is 5.56 Å². The van der Waals surface area contributed by atoms with E-state index in [1.54, 1.807) is 12.1 Å². The molecule has 2 aromatic carbocycles. The third-order valence-corrected chi connectivity index (χ3v) is 6.25. The third-order valence-electron chi connectivity index (χ3n) is 4.09. The molecule has 0 amide bonds. The molecule has 1 atom stereocenters. The molecule has 0 fully saturated rings. The van der Waals surface area contributed by atoms with Gasteiger partial charge in [-0.2, -0.15) is 0 Å². The lowest BCUT2D eigenvalue weighted by molar-refractivity contribution is 0.0579. The van der Waals surface area contributed by atoms with Gasteiger partial charge in [-0.3, -0.25) is 4.79 Å². The van der Waals surface area contributed by atoms with Crippen molar-refractivity contribution in [1.29, 1.82) is 0 Å². The van der Waals surface area contributed by atoms with Crippen molar-refractivity contribution in [3.8, 4) is 5.75 Å². The molecule has 1 heterocycles. The Morgan fingerprint density at radius 3 is 2.38 bits per heavy atom. The van der Waals surface area contributed by atoms with Gasteiger partial charge in [0.2, 0.25) is 9.99 Å². The first kappa shape index (κ1) is 17.2. The Kier molecular flexibility index (Phi) is 4.30. The molecule has 2 aromatic rings. The quantitative estimate of drug-likeness (QED) is 0.590. The number of hydrogen-bond acceptors (Lipinski definition) is 4. The number of halogens is 1. The number of ether oxygens (including phenoxy) is 1. The molecular weight excluding hydrogens is 342 g/mol. The monoisotopic (exact) mass is 361 g/mol. The van der Waals surface area contributed by atoms with Crippen LogP contribution in [-0.4, -0.2) is 15.6 Å². The zero-order chi connectivity index (χ0) is 17.5. The molecule has 1 aliphatic rings. The molecule has 1 aliphatic heterocycles. The average molecular weight is 362 g/mol. The van der Waals surface area contributed by atoms with Gasteiger partial charge in [0, 0.05) is 5.69 Å². The molecule has 0 saturated carbocycles. The van der Waals surface area contributed by atoms with Crippen LogP contribution in [0.1, 0.15) is 35.3 Å². The number of para-hydroxylation sites is 1. The van der Waals surface area contributed by atoms with Crippen LogP contribution >= 0.6 is 23.5 Å². The van der Waals surface area contributed by atoms with Crippen molar-refractivity contribution in [2.75, 3.05) is 4.72 Å². The maximum atomic E-state index is 13.0. The summed E-state index contributed by atoms with van der Waals surface area (Å²) in [5.74, 6) is 0.439. The van der Waals surface area contributed by atoms with Crippen molar-refractivity contribution in [3.63, 3.8) is 0 Å². The summed E-state index contributed by atoms with van der Waals surface area (Å²) in [6.07, 6.45) is 0. The Bertz CT molecular complexity index is 785. The predicted octanol–water partition coefficient (Wildman–Crippen LogP) is 5.35. The Morgan fingerprint density at radius 2 is 1.71 bits per heavy atom. The largest absolute Gasteiger partial charge is 0.484 e. The number of aryl methyl sites for hydroxylation is 2. The lowest BCUT2D eigenvalue weighted by Gasteiger charge is -2.43. The fourth-order valence-corrected chi connectivity index (χ4v) is 3.99. The van der Waals surface area contributed by atoms with Gasteiger partial charge in [-0.15, -0.1) is 0 Å². The summed E-state index contributed by atoms with van der Waals surface area (Å²) in [5.41, 5.74) is 2.87. The second-order valence-electron chi connectivity index (χ2n) is 6.61. The van der Waals surface area contributed by atoms with Crippen LogP contribution in [0.25, 0.3) is 0 Å². The standard InChI is InChI=1S/C19H20ClNO2S/c1-12-9-13(2)11-14(10-12)21-24-19(20)17(22)15-7-5-6-8-16(15)23-18(19,3)4/h5-11,21H,1-4H3/t19-/m0/s1. The van der Waals surface area contributed by atoms with E-state index in [-0.39, 0.29) is 5.78 Å². The predicted molar refractivity (Wildman–Crippen MR) is 101 cm³/mol. The van der Waals surface area contributed by atoms with Crippen LogP contribution in [0.15, 0.2) is 42.5 Å². The molecule has 0 bridgehead atoms. The number of fused-ring (bicyclic) bond motifs is 1. The molecule has 0 spiro atoms. The topological polar surface area (TPSA) is 38.3 Å². The van der Waals surface area contributed by atoms with Gasteiger partial charge in [0.15, 0.2) is 0 Å². The number of benzene rings is 2. The number of alkyl halides is 1. The molecule has 1 N–H and O–H groups in total. The average Bonchev–Trinajstić information content (AvgIpc) is 2.50. The number of rotatable bonds is 3. The summed E-state index contributed by atoms with van der Waals surface area (Å²) < 4.78 is 8.00. The highest BCUT2D eigenvalue weighted by Crippen LogP contribution is 2.49. The molecule has 3 rings (SSSR count). The minimum absolute atomic E-state index is 0.141. The van der Waals surface area contributed by atoms with Crippen molar-refractivity contribution in [1.82, 2.24) is 0 Å². The van der Waals surface area contributed by atoms with E-state index in [0.29, 0.717) is 11.3 Å². The number of ketones is 1. The van der Waals surface area contributed by atoms with Crippen molar-refractivity contribution in [2.24, 2.45) is 0 Å². The highest BCUT2D eigenvalue weighted by atomic mass is 35.5. The number of hydrogen-bond donors (Lipinski definition) is 1. The van der Waals surface area contributed by atoms with Crippen molar-refractivity contribution in [2.45, 2.75) is 37.5 Å². The van der Waals surface area contributed by atoms with Gasteiger partial charge in [0.1, 0.15) is 11.4 Å². The maximum Gasteiger partial charge on any atom is 0.210 e. The minimum atomic E-state index is -1.26. The Balaban J connectivity index is 1.92. The second kappa shape index (κ2) is 6.01. The molecule has 0 saturated heterocycles. The third kappa shape index (κ3) is 2.89. The smallest absolute Gasteiger partial charge is 0.210 e. The fourth-order valence-electron chi connectivity index (χ4n) is 2.86. The molecule has 0 aromatic heterocycles. The normalized spacial score (nSPS) is 21.8. The van der Waals surface area contributed by atoms with Crippen LogP contribution in [0.3, 0.4) is 0 Å². The van der Waals surface area contributed by atoms with Crippen molar-refractivity contribution < 1.29 is 9.53 Å². The van der Waals surface area contributed by atoms with E-state index in [9.17, 15) is 4.79 Å². The molecule has 0 aliphatic carbocycles. The Labute approximate surface area is 151 Å². The van der Waals surface area contributed by atoms with Crippen LogP contribution in [0, 0.1) is 13.8 Å². The van der Waals surface area contributed by atoms with Gasteiger partial charge < -0.3 is 9.46 Å². The SMILES string of the molecule is Cc1cc(C)cc(NS[C@@]2(Cl)C(=O)c3ccccc3OC2(C)C)c1. The zero-order valence-corrected chi connectivity index (χ0v) is 15.7. The summed E-state index contributed by atoms with van der Waals surface area (Å²) in [5, 5.41) is 0. The maximum absolute atomic E-state index is 13.0. The minimum Gasteiger partial charge on any atom is -0.484 e. The number of nitrogens with one attached hydrogen (secondary N) is 1. The van der Waals surface area contributed by atoms with E-state index in [1.165, 1.54) is 11.9 Å². The van der Waals surface area contributed by atoms with E-state index >= 15 is 0 Å². The highest BCUT2D eigenvalue weighted by molar-refractivity contribution is 8.04. The van der Waals surface area contributed by atoms with Crippen LogP contribution in [0.5, 0.6) is 5.75 Å². The van der Waals surface area contributed by atoms with Crippen molar-refractivity contribution >= 4 is 35.0 Å². The van der Waals surface area contributed by atoms with E-state index < -0.39 is 9.81 Å². The first-order chi connectivity index (χ1) is 11.2. The first-order valence-corrected chi connectivity index (χ1v) is 8.96. The second-order valence-corrected chi connectivity index (χ2v) is 8.43. The molecule has 3 nitrogen and oxygen atoms in total. The lowest BCUT2D eigenvalue weighted by atomic mass is 9.92. The number of carbonyl (C=O) groups is 1. The van der Waals surface area contributed by atoms with Crippen LogP contribution < -0.4 is 9.46 Å². The van der Waals surface area contributed by atoms with E-state index in [1.807, 2.05) is 52.0 Å². The fraction of sp³-hybridized carbons (Fsp3) is 0.316. The molecule has 0 unspecified atom stereocenters. The van der Waals surface area contributed by atoms with Crippen molar-refractivity contribution in [3.05, 3.63) is 59.2 Å². The van der Waals surface area contributed by atoms with Crippen LogP contribution in [0.2, 0.25) is 0 Å². The molecular formula is C19H20ClNO2S. The summed E-state index contributed by atoms with van der Waals surface area (Å²) in [6.45, 7) is 7.75. The summed E-state index contributed by atoms with van der Waals surface area (Å²) >= 11 is 7.99. The summed E-state index contributed by atoms with van der Waals surface area (Å²) in [6, 6.07) is 13.4. The van der Waals surface area contributed by atoms with Gasteiger partial charge >= 0.3 is 0 Å². The van der Waals surface area contributed by atoms with Crippen LogP contribution in [0.4, 0.5) is 5.69 Å². The Hall–Kier alpha value is -1.65. The van der Waals surface area contributed by atoms with Gasteiger partial charge in [-0.25, -0.2) is 0 Å². The molecule has 0 radical (unpaired) electrons.